The van der Waals surface area contributed by atoms with Gasteiger partial charge in [-0.1, -0.05) is 26.0 Å². The maximum absolute atomic E-state index is 11.2. The van der Waals surface area contributed by atoms with Crippen LogP contribution in [0.4, 0.5) is 0 Å². The lowest BCUT2D eigenvalue weighted by Gasteiger charge is -2.02. The lowest BCUT2D eigenvalue weighted by atomic mass is 10.2. The Morgan fingerprint density at radius 1 is 1.27 bits per heavy atom. The van der Waals surface area contributed by atoms with E-state index < -0.39 is 0 Å². The Bertz CT molecular complexity index is 567. The summed E-state index contributed by atoms with van der Waals surface area (Å²) in [6.07, 6.45) is 8.81. The summed E-state index contributed by atoms with van der Waals surface area (Å²) in [5, 5.41) is 0. The summed E-state index contributed by atoms with van der Waals surface area (Å²) in [5.41, 5.74) is 7.90. The summed E-state index contributed by atoms with van der Waals surface area (Å²) in [4.78, 5) is 19.1. The van der Waals surface area contributed by atoms with Gasteiger partial charge < -0.3 is 5.43 Å². The maximum Gasteiger partial charge on any atom is 0.269 e. The van der Waals surface area contributed by atoms with Crippen LogP contribution in [0.1, 0.15) is 35.0 Å². The van der Waals surface area contributed by atoms with E-state index in [1.54, 1.807) is 24.5 Å². The predicted molar refractivity (Wildman–Crippen MR) is 88.0 cm³/mol. The summed E-state index contributed by atoms with van der Waals surface area (Å²) in [5.74, 6) is -0.211. The van der Waals surface area contributed by atoms with Crippen LogP contribution in [-0.2, 0) is 6.42 Å². The van der Waals surface area contributed by atoms with Crippen LogP contribution < -0.4 is 10.9 Å². The monoisotopic (exact) mass is 298 g/mol. The molecule has 2 rings (SSSR count). The molecule has 0 aliphatic carbocycles. The molecule has 0 fully saturated rings. The second-order valence-electron chi connectivity index (χ2n) is 4.60. The van der Waals surface area contributed by atoms with E-state index >= 15 is 0 Å². The molecule has 2 heterocycles. The molecule has 1 amide bonds. The Morgan fingerprint density at radius 3 is 2.55 bits per heavy atom. The number of hydrogen-bond acceptors (Lipinski definition) is 4. The first-order valence-electron chi connectivity index (χ1n) is 7.15. The SMILES string of the molecule is C=CNNC(=O)c1ccncc1.CCCc1ccc(C)nc1. The van der Waals surface area contributed by atoms with Gasteiger partial charge in [-0.3, -0.25) is 20.2 Å². The van der Waals surface area contributed by atoms with Gasteiger partial charge in [0.25, 0.3) is 5.91 Å². The zero-order valence-electron chi connectivity index (χ0n) is 13.0. The van der Waals surface area contributed by atoms with Crippen molar-refractivity contribution in [3.8, 4) is 0 Å². The van der Waals surface area contributed by atoms with Gasteiger partial charge in [0, 0.05) is 36.0 Å². The third-order valence-electron chi connectivity index (χ3n) is 2.74. The average molecular weight is 298 g/mol. The van der Waals surface area contributed by atoms with E-state index in [0.717, 1.165) is 12.1 Å². The molecule has 0 radical (unpaired) electrons. The van der Waals surface area contributed by atoms with Gasteiger partial charge in [-0.05, 0) is 37.1 Å². The van der Waals surface area contributed by atoms with E-state index in [4.69, 9.17) is 0 Å². The zero-order chi connectivity index (χ0) is 16.2. The Morgan fingerprint density at radius 2 is 2.00 bits per heavy atom. The highest BCUT2D eigenvalue weighted by molar-refractivity contribution is 5.93. The lowest BCUT2D eigenvalue weighted by Crippen LogP contribution is -2.33. The number of pyridine rings is 2. The van der Waals surface area contributed by atoms with E-state index in [0.29, 0.717) is 5.56 Å². The number of hydrogen-bond donors (Lipinski definition) is 2. The number of aryl methyl sites for hydroxylation is 2. The van der Waals surface area contributed by atoms with Crippen molar-refractivity contribution in [2.45, 2.75) is 26.7 Å². The van der Waals surface area contributed by atoms with Crippen molar-refractivity contribution >= 4 is 5.91 Å². The zero-order valence-corrected chi connectivity index (χ0v) is 13.0. The minimum absolute atomic E-state index is 0.211. The highest BCUT2D eigenvalue weighted by atomic mass is 16.2. The molecule has 0 aromatic carbocycles. The first-order valence-corrected chi connectivity index (χ1v) is 7.15. The molecule has 0 bridgehead atoms. The summed E-state index contributed by atoms with van der Waals surface area (Å²) in [7, 11) is 0. The fourth-order valence-electron chi connectivity index (χ4n) is 1.63. The van der Waals surface area contributed by atoms with Crippen molar-refractivity contribution in [1.29, 1.82) is 0 Å². The molecular weight excluding hydrogens is 276 g/mol. The van der Waals surface area contributed by atoms with Crippen molar-refractivity contribution in [3.63, 3.8) is 0 Å². The van der Waals surface area contributed by atoms with Crippen molar-refractivity contribution in [2.75, 3.05) is 0 Å². The van der Waals surface area contributed by atoms with Crippen molar-refractivity contribution in [3.05, 3.63) is 72.5 Å². The molecule has 2 N–H and O–H groups in total. The summed E-state index contributed by atoms with van der Waals surface area (Å²) in [6.45, 7) is 7.58. The molecule has 0 aliphatic heterocycles. The van der Waals surface area contributed by atoms with E-state index in [1.807, 2.05) is 13.1 Å². The topological polar surface area (TPSA) is 66.9 Å². The number of rotatable bonds is 5. The molecule has 0 atom stereocenters. The van der Waals surface area contributed by atoms with Gasteiger partial charge in [-0.15, -0.1) is 0 Å². The lowest BCUT2D eigenvalue weighted by molar-refractivity contribution is 0.0941. The molecular formula is C17H22N4O. The van der Waals surface area contributed by atoms with Crippen molar-refractivity contribution in [1.82, 2.24) is 20.8 Å². The number of nitrogens with zero attached hydrogens (tertiary/aromatic N) is 2. The van der Waals surface area contributed by atoms with Gasteiger partial charge in [0.15, 0.2) is 0 Å². The third kappa shape index (κ3) is 6.65. The molecule has 0 unspecified atom stereocenters. The molecule has 116 valence electrons. The van der Waals surface area contributed by atoms with Crippen LogP contribution in [-0.4, -0.2) is 15.9 Å². The Hall–Kier alpha value is -2.69. The molecule has 0 aliphatic rings. The number of aromatic nitrogens is 2. The maximum atomic E-state index is 11.2. The van der Waals surface area contributed by atoms with Gasteiger partial charge in [0.1, 0.15) is 0 Å². The molecule has 5 nitrogen and oxygen atoms in total. The van der Waals surface area contributed by atoms with Crippen LogP contribution >= 0.6 is 0 Å². The molecule has 0 saturated carbocycles. The van der Waals surface area contributed by atoms with Crippen LogP contribution in [0.3, 0.4) is 0 Å². The second kappa shape index (κ2) is 10.1. The first-order chi connectivity index (χ1) is 10.7. The molecule has 22 heavy (non-hydrogen) atoms. The van der Waals surface area contributed by atoms with Gasteiger partial charge in [-0.2, -0.15) is 0 Å². The highest BCUT2D eigenvalue weighted by Gasteiger charge is 2.00. The van der Waals surface area contributed by atoms with Gasteiger partial charge in [-0.25, -0.2) is 0 Å². The largest absolute Gasteiger partial charge is 0.306 e. The number of amides is 1. The average Bonchev–Trinajstić information content (AvgIpc) is 2.56. The van der Waals surface area contributed by atoms with Gasteiger partial charge in [0.2, 0.25) is 0 Å². The summed E-state index contributed by atoms with van der Waals surface area (Å²) >= 11 is 0. The van der Waals surface area contributed by atoms with Gasteiger partial charge >= 0.3 is 0 Å². The minimum atomic E-state index is -0.211. The standard InChI is InChI=1S/C9H13N.C8H9N3O/c1-3-4-9-6-5-8(2)10-7-9;1-2-10-11-8(12)7-3-5-9-6-4-7/h5-7H,3-4H2,1-2H3;2-6,10H,1H2,(H,11,12). The van der Waals surface area contributed by atoms with Crippen LogP contribution in [0, 0.1) is 6.92 Å². The number of hydrazine groups is 1. The van der Waals surface area contributed by atoms with Crippen LogP contribution in [0.15, 0.2) is 55.6 Å². The fraction of sp³-hybridized carbons (Fsp3) is 0.235. The molecule has 0 spiro atoms. The number of carbonyl (C=O) groups excluding carboxylic acids is 1. The normalized spacial score (nSPS) is 9.18. The van der Waals surface area contributed by atoms with Crippen LogP contribution in [0.5, 0.6) is 0 Å². The van der Waals surface area contributed by atoms with E-state index in [2.05, 4.69) is 46.5 Å². The third-order valence-corrected chi connectivity index (χ3v) is 2.74. The number of carbonyl (C=O) groups is 1. The van der Waals surface area contributed by atoms with Crippen LogP contribution in [0.2, 0.25) is 0 Å². The minimum Gasteiger partial charge on any atom is -0.306 e. The summed E-state index contributed by atoms with van der Waals surface area (Å²) in [6, 6.07) is 7.46. The Balaban J connectivity index is 0.000000224. The van der Waals surface area contributed by atoms with Crippen LogP contribution in [0.25, 0.3) is 0 Å². The van der Waals surface area contributed by atoms with Crippen molar-refractivity contribution < 1.29 is 4.79 Å². The first kappa shape index (κ1) is 17.4. The quantitative estimate of drug-likeness (QED) is 0.833. The number of nitrogens with one attached hydrogen (secondary N) is 2. The summed E-state index contributed by atoms with van der Waals surface area (Å²) < 4.78 is 0. The van der Waals surface area contributed by atoms with Gasteiger partial charge in [0.05, 0.1) is 0 Å². The smallest absolute Gasteiger partial charge is 0.269 e. The Kier molecular flexibility index (Phi) is 7.97. The second-order valence-corrected chi connectivity index (χ2v) is 4.60. The predicted octanol–water partition coefficient (Wildman–Crippen LogP) is 2.80. The van der Waals surface area contributed by atoms with Crippen molar-refractivity contribution in [2.24, 2.45) is 0 Å². The molecule has 2 aromatic rings. The fourth-order valence-corrected chi connectivity index (χ4v) is 1.63. The Labute approximate surface area is 131 Å². The van der Waals surface area contributed by atoms with E-state index in [9.17, 15) is 4.79 Å². The van der Waals surface area contributed by atoms with E-state index in [-0.39, 0.29) is 5.91 Å². The highest BCUT2D eigenvalue weighted by Crippen LogP contribution is 2.01. The van der Waals surface area contributed by atoms with E-state index in [1.165, 1.54) is 18.2 Å². The molecule has 2 aromatic heterocycles. The molecule has 5 heteroatoms. The molecule has 0 saturated heterocycles.